The van der Waals surface area contributed by atoms with Crippen LogP contribution in [0.1, 0.15) is 19.8 Å². The fourth-order valence-electron chi connectivity index (χ4n) is 3.01. The third-order valence-electron chi connectivity index (χ3n) is 4.30. The molecule has 0 aromatic heterocycles. The van der Waals surface area contributed by atoms with E-state index < -0.39 is 0 Å². The van der Waals surface area contributed by atoms with E-state index in [2.05, 4.69) is 5.32 Å². The lowest BCUT2D eigenvalue weighted by molar-refractivity contribution is -0.126. The van der Waals surface area contributed by atoms with E-state index in [9.17, 15) is 9.59 Å². The van der Waals surface area contributed by atoms with Gasteiger partial charge in [0.15, 0.2) is 11.5 Å². The van der Waals surface area contributed by atoms with Crippen LogP contribution in [0.5, 0.6) is 11.5 Å². The van der Waals surface area contributed by atoms with Crippen LogP contribution < -0.4 is 19.7 Å². The number of benzene rings is 1. The zero-order chi connectivity index (χ0) is 17.6. The molecular weight excluding hydrogens is 324 g/mol. The molecule has 1 aromatic rings. The summed E-state index contributed by atoms with van der Waals surface area (Å²) in [6.45, 7) is 5.22. The first-order chi connectivity index (χ1) is 12.2. The standard InChI is InChI=1S/C18H24N2O5/c1-2-23-7-3-6-19-18(22)13-10-17(21)20(12-13)14-4-5-15-16(11-14)25-9-8-24-15/h4-5,11,13H,2-3,6-10,12H2,1H3,(H,19,22)/t13-/m0/s1. The van der Waals surface area contributed by atoms with Crippen LogP contribution >= 0.6 is 0 Å². The number of amides is 2. The Bertz CT molecular complexity index is 634. The molecule has 2 aliphatic heterocycles. The quantitative estimate of drug-likeness (QED) is 0.753. The second-order valence-electron chi connectivity index (χ2n) is 6.07. The van der Waals surface area contributed by atoms with Crippen molar-refractivity contribution >= 4 is 17.5 Å². The van der Waals surface area contributed by atoms with Gasteiger partial charge in [-0.25, -0.2) is 0 Å². The van der Waals surface area contributed by atoms with E-state index in [-0.39, 0.29) is 24.2 Å². The molecule has 1 fully saturated rings. The number of rotatable bonds is 7. The predicted molar refractivity (Wildman–Crippen MR) is 92.0 cm³/mol. The van der Waals surface area contributed by atoms with Gasteiger partial charge < -0.3 is 24.4 Å². The Morgan fingerprint density at radius 2 is 2.12 bits per heavy atom. The van der Waals surface area contributed by atoms with Crippen molar-refractivity contribution in [2.75, 3.05) is 44.4 Å². The molecule has 0 saturated carbocycles. The number of hydrogen-bond acceptors (Lipinski definition) is 5. The van der Waals surface area contributed by atoms with E-state index >= 15 is 0 Å². The maximum Gasteiger partial charge on any atom is 0.227 e. The summed E-state index contributed by atoms with van der Waals surface area (Å²) in [5.41, 5.74) is 0.737. The first-order valence-electron chi connectivity index (χ1n) is 8.74. The van der Waals surface area contributed by atoms with Crippen molar-refractivity contribution in [3.05, 3.63) is 18.2 Å². The highest BCUT2D eigenvalue weighted by atomic mass is 16.6. The van der Waals surface area contributed by atoms with E-state index in [1.807, 2.05) is 13.0 Å². The van der Waals surface area contributed by atoms with Gasteiger partial charge in [-0.3, -0.25) is 9.59 Å². The zero-order valence-electron chi connectivity index (χ0n) is 14.5. The van der Waals surface area contributed by atoms with Crippen LogP contribution in [0.2, 0.25) is 0 Å². The highest BCUT2D eigenvalue weighted by molar-refractivity contribution is 6.00. The molecule has 1 N–H and O–H groups in total. The molecule has 1 saturated heterocycles. The molecule has 136 valence electrons. The normalized spacial score (nSPS) is 19.2. The maximum absolute atomic E-state index is 12.3. The summed E-state index contributed by atoms with van der Waals surface area (Å²) in [4.78, 5) is 26.2. The lowest BCUT2D eigenvalue weighted by Crippen LogP contribution is -2.33. The summed E-state index contributed by atoms with van der Waals surface area (Å²) in [6.07, 6.45) is 0.998. The molecule has 7 nitrogen and oxygen atoms in total. The van der Waals surface area contributed by atoms with Gasteiger partial charge in [0.1, 0.15) is 13.2 Å². The minimum atomic E-state index is -0.326. The molecule has 1 aromatic carbocycles. The molecule has 0 bridgehead atoms. The van der Waals surface area contributed by atoms with E-state index in [4.69, 9.17) is 14.2 Å². The molecule has 7 heteroatoms. The van der Waals surface area contributed by atoms with Crippen LogP contribution in [0.15, 0.2) is 18.2 Å². The van der Waals surface area contributed by atoms with Crippen molar-refractivity contribution < 1.29 is 23.8 Å². The summed E-state index contributed by atoms with van der Waals surface area (Å²) >= 11 is 0. The number of carbonyl (C=O) groups is 2. The predicted octanol–water partition coefficient (Wildman–Crippen LogP) is 1.35. The van der Waals surface area contributed by atoms with Gasteiger partial charge in [0.25, 0.3) is 0 Å². The van der Waals surface area contributed by atoms with Crippen LogP contribution in [0.4, 0.5) is 5.69 Å². The second kappa shape index (κ2) is 8.20. The van der Waals surface area contributed by atoms with Crippen molar-refractivity contribution in [2.45, 2.75) is 19.8 Å². The Morgan fingerprint density at radius 1 is 1.32 bits per heavy atom. The van der Waals surface area contributed by atoms with Crippen molar-refractivity contribution in [3.8, 4) is 11.5 Å². The van der Waals surface area contributed by atoms with Crippen LogP contribution in [0.25, 0.3) is 0 Å². The summed E-state index contributed by atoms with van der Waals surface area (Å²) in [5, 5.41) is 2.88. The molecule has 2 heterocycles. The fraction of sp³-hybridized carbons (Fsp3) is 0.556. The Hall–Kier alpha value is -2.28. The van der Waals surface area contributed by atoms with Crippen LogP contribution in [-0.4, -0.2) is 51.3 Å². The summed E-state index contributed by atoms with van der Waals surface area (Å²) < 4.78 is 16.3. The molecular formula is C18H24N2O5. The fourth-order valence-corrected chi connectivity index (χ4v) is 3.01. The van der Waals surface area contributed by atoms with Gasteiger partial charge in [0.2, 0.25) is 11.8 Å². The Kier molecular flexibility index (Phi) is 5.75. The second-order valence-corrected chi connectivity index (χ2v) is 6.07. The number of anilines is 1. The minimum absolute atomic E-state index is 0.0499. The number of fused-ring (bicyclic) bond motifs is 1. The SMILES string of the molecule is CCOCCCNC(=O)[C@H]1CC(=O)N(c2ccc3c(c2)OCCO3)C1. The average Bonchev–Trinajstić information content (AvgIpc) is 3.03. The van der Waals surface area contributed by atoms with E-state index in [0.29, 0.717) is 51.0 Å². The van der Waals surface area contributed by atoms with Crippen molar-refractivity contribution in [1.29, 1.82) is 0 Å². The lowest BCUT2D eigenvalue weighted by atomic mass is 10.1. The van der Waals surface area contributed by atoms with Gasteiger partial charge >= 0.3 is 0 Å². The third kappa shape index (κ3) is 4.22. The third-order valence-corrected chi connectivity index (χ3v) is 4.30. The molecule has 25 heavy (non-hydrogen) atoms. The number of hydrogen-bond donors (Lipinski definition) is 1. The maximum atomic E-state index is 12.3. The Morgan fingerprint density at radius 3 is 2.92 bits per heavy atom. The van der Waals surface area contributed by atoms with E-state index in [0.717, 1.165) is 12.1 Å². The summed E-state index contributed by atoms with van der Waals surface area (Å²) in [6, 6.07) is 5.43. The largest absolute Gasteiger partial charge is 0.486 e. The molecule has 0 aliphatic carbocycles. The molecule has 3 rings (SSSR count). The topological polar surface area (TPSA) is 77.1 Å². The van der Waals surface area contributed by atoms with E-state index in [1.165, 1.54) is 0 Å². The van der Waals surface area contributed by atoms with Gasteiger partial charge in [-0.1, -0.05) is 0 Å². The number of nitrogens with one attached hydrogen (secondary N) is 1. The van der Waals surface area contributed by atoms with Gasteiger partial charge in [0, 0.05) is 44.5 Å². The number of nitrogens with zero attached hydrogens (tertiary/aromatic N) is 1. The van der Waals surface area contributed by atoms with Crippen LogP contribution in [-0.2, 0) is 14.3 Å². The van der Waals surface area contributed by atoms with Gasteiger partial charge in [-0.2, -0.15) is 0 Å². The first-order valence-corrected chi connectivity index (χ1v) is 8.74. The lowest BCUT2D eigenvalue weighted by Gasteiger charge is -2.22. The van der Waals surface area contributed by atoms with Gasteiger partial charge in [-0.05, 0) is 25.5 Å². The summed E-state index contributed by atoms with van der Waals surface area (Å²) in [5.74, 6) is 0.870. The molecule has 2 aliphatic rings. The Balaban J connectivity index is 1.56. The van der Waals surface area contributed by atoms with Crippen LogP contribution in [0.3, 0.4) is 0 Å². The minimum Gasteiger partial charge on any atom is -0.486 e. The summed E-state index contributed by atoms with van der Waals surface area (Å²) in [7, 11) is 0. The zero-order valence-corrected chi connectivity index (χ0v) is 14.5. The molecule has 0 radical (unpaired) electrons. The molecule has 2 amide bonds. The smallest absolute Gasteiger partial charge is 0.227 e. The van der Waals surface area contributed by atoms with Crippen molar-refractivity contribution in [2.24, 2.45) is 5.92 Å². The van der Waals surface area contributed by atoms with Crippen molar-refractivity contribution in [3.63, 3.8) is 0 Å². The average molecular weight is 348 g/mol. The molecule has 1 atom stereocenters. The van der Waals surface area contributed by atoms with Crippen LogP contribution in [0, 0.1) is 5.92 Å². The van der Waals surface area contributed by atoms with E-state index in [1.54, 1.807) is 17.0 Å². The number of ether oxygens (including phenoxy) is 3. The monoisotopic (exact) mass is 348 g/mol. The number of carbonyl (C=O) groups excluding carboxylic acids is 2. The highest BCUT2D eigenvalue weighted by Crippen LogP contribution is 2.35. The molecule has 0 unspecified atom stereocenters. The molecule has 0 spiro atoms. The Labute approximate surface area is 147 Å². The van der Waals surface area contributed by atoms with Crippen molar-refractivity contribution in [1.82, 2.24) is 5.32 Å². The highest BCUT2D eigenvalue weighted by Gasteiger charge is 2.35. The first kappa shape index (κ1) is 17.5. The van der Waals surface area contributed by atoms with Gasteiger partial charge in [0.05, 0.1) is 5.92 Å². The van der Waals surface area contributed by atoms with Gasteiger partial charge in [-0.15, -0.1) is 0 Å².